The molecule has 6 aromatic rings. The minimum Gasteiger partial charge on any atom is -0.461 e. The molecule has 0 saturated carbocycles. The maximum atomic E-state index is 15.5. The number of amides is 1. The van der Waals surface area contributed by atoms with Gasteiger partial charge in [0.15, 0.2) is 5.82 Å². The molecule has 0 aliphatic carbocycles. The van der Waals surface area contributed by atoms with Gasteiger partial charge in [0.25, 0.3) is 21.5 Å². The fraction of sp³-hybridized carbons (Fsp3) is 0.250. The third kappa shape index (κ3) is 8.94. The fourth-order valence-electron chi connectivity index (χ4n) is 6.41. The van der Waals surface area contributed by atoms with Crippen LogP contribution >= 0.6 is 0 Å². The summed E-state index contributed by atoms with van der Waals surface area (Å²) in [5.74, 6) is -4.20. The molecule has 4 aromatic heterocycles. The molecular weight excluding hydrogens is 807 g/mol. The lowest BCUT2D eigenvalue weighted by atomic mass is 10.1. The Kier molecular flexibility index (Phi) is 12.1. The van der Waals surface area contributed by atoms with Gasteiger partial charge in [-0.3, -0.25) is 23.9 Å². The summed E-state index contributed by atoms with van der Waals surface area (Å²) in [6.45, 7) is 0.904. The van der Waals surface area contributed by atoms with E-state index in [2.05, 4.69) is 25.3 Å². The number of aromatic nitrogens is 6. The van der Waals surface area contributed by atoms with E-state index in [9.17, 15) is 27.6 Å². The number of pyridine rings is 2. The molecule has 1 aliphatic rings. The molecule has 60 heavy (non-hydrogen) atoms. The van der Waals surface area contributed by atoms with E-state index >= 15 is 8.78 Å². The van der Waals surface area contributed by atoms with Gasteiger partial charge in [-0.2, -0.15) is 0 Å². The number of halogens is 2. The molecular formula is C40H36F2N8O9S. The smallest absolute Gasteiger partial charge is 0.337 e. The van der Waals surface area contributed by atoms with Gasteiger partial charge in [-0.15, -0.1) is 0 Å². The number of carbonyl (C=O) groups excluding carboxylic acids is 2. The molecule has 1 saturated heterocycles. The Morgan fingerprint density at radius 1 is 0.933 bits per heavy atom. The zero-order valence-electron chi connectivity index (χ0n) is 32.0. The van der Waals surface area contributed by atoms with Crippen LogP contribution < -0.4 is 21.3 Å². The van der Waals surface area contributed by atoms with Crippen molar-refractivity contribution in [1.29, 1.82) is 0 Å². The van der Waals surface area contributed by atoms with Gasteiger partial charge in [-0.25, -0.2) is 46.3 Å². The van der Waals surface area contributed by atoms with Crippen LogP contribution in [0.4, 0.5) is 14.5 Å². The number of nitrogens with one attached hydrogen (secondary N) is 2. The Labute approximate surface area is 340 Å². The first-order valence-corrected chi connectivity index (χ1v) is 19.8. The highest BCUT2D eigenvalue weighted by molar-refractivity contribution is 7.92. The highest BCUT2D eigenvalue weighted by Crippen LogP contribution is 2.26. The number of nitrogens with zero attached hydrogens (tertiary/aromatic N) is 6. The SMILES string of the molecule is COCc1ncc(-c2ccc(S(=O)(=O)Nc3cc(F)c(C(=O)N[C@@H](Cc4ccc(-n5c(=O)c6ccncc6n(C)c5=O)nc4)C(=O)OC4CCOCC4)cc3F)cc2)cn1. The molecule has 310 valence electrons. The van der Waals surface area contributed by atoms with E-state index in [-0.39, 0.29) is 29.1 Å². The maximum absolute atomic E-state index is 15.5. The Morgan fingerprint density at radius 2 is 1.67 bits per heavy atom. The number of fused-ring (bicyclic) bond motifs is 1. The summed E-state index contributed by atoms with van der Waals surface area (Å²) in [6, 6.07) is 9.43. The van der Waals surface area contributed by atoms with E-state index in [4.69, 9.17) is 14.2 Å². The van der Waals surface area contributed by atoms with Crippen LogP contribution in [0.15, 0.2) is 100 Å². The molecule has 0 spiro atoms. The van der Waals surface area contributed by atoms with Crippen molar-refractivity contribution in [1.82, 2.24) is 34.4 Å². The average molecular weight is 843 g/mol. The van der Waals surface area contributed by atoms with Gasteiger partial charge >= 0.3 is 11.7 Å². The van der Waals surface area contributed by atoms with E-state index in [1.807, 2.05) is 4.72 Å². The molecule has 0 unspecified atom stereocenters. The topological polar surface area (TPSA) is 216 Å². The van der Waals surface area contributed by atoms with Gasteiger partial charge in [0.2, 0.25) is 0 Å². The van der Waals surface area contributed by atoms with Crippen LogP contribution in [0.25, 0.3) is 27.8 Å². The highest BCUT2D eigenvalue weighted by atomic mass is 32.2. The van der Waals surface area contributed by atoms with Crippen LogP contribution in [0.2, 0.25) is 0 Å². The van der Waals surface area contributed by atoms with Gasteiger partial charge in [0.1, 0.15) is 36.2 Å². The Hall–Kier alpha value is -6.77. The lowest BCUT2D eigenvalue weighted by molar-refractivity contribution is -0.155. The fourth-order valence-corrected chi connectivity index (χ4v) is 7.47. The lowest BCUT2D eigenvalue weighted by Crippen LogP contribution is -2.45. The normalized spacial score (nSPS) is 13.8. The summed E-state index contributed by atoms with van der Waals surface area (Å²) in [5, 5.41) is 2.64. The number of methoxy groups -OCH3 is 1. The molecule has 7 rings (SSSR count). The molecule has 2 aromatic carbocycles. The van der Waals surface area contributed by atoms with Crippen LogP contribution in [0, 0.1) is 11.6 Å². The molecule has 1 amide bonds. The molecule has 5 heterocycles. The summed E-state index contributed by atoms with van der Waals surface area (Å²) < 4.78 is 77.5. The van der Waals surface area contributed by atoms with Crippen molar-refractivity contribution < 1.29 is 41.0 Å². The molecule has 20 heteroatoms. The van der Waals surface area contributed by atoms with Gasteiger partial charge < -0.3 is 19.5 Å². The van der Waals surface area contributed by atoms with Gasteiger partial charge in [-0.05, 0) is 41.5 Å². The van der Waals surface area contributed by atoms with Gasteiger partial charge in [0.05, 0.1) is 46.5 Å². The van der Waals surface area contributed by atoms with Gasteiger partial charge in [0, 0.05) is 69.8 Å². The van der Waals surface area contributed by atoms with Crippen molar-refractivity contribution in [3.63, 3.8) is 0 Å². The van der Waals surface area contributed by atoms with Crippen molar-refractivity contribution in [3.05, 3.63) is 135 Å². The zero-order chi connectivity index (χ0) is 42.6. The Balaban J connectivity index is 1.09. The van der Waals surface area contributed by atoms with Gasteiger partial charge in [-0.1, -0.05) is 18.2 Å². The van der Waals surface area contributed by atoms with Crippen LogP contribution in [0.5, 0.6) is 0 Å². The molecule has 2 N–H and O–H groups in total. The molecule has 0 bridgehead atoms. The third-order valence-corrected chi connectivity index (χ3v) is 11.0. The number of benzene rings is 2. The monoisotopic (exact) mass is 842 g/mol. The number of carbonyl (C=O) groups is 2. The Morgan fingerprint density at radius 3 is 2.35 bits per heavy atom. The number of rotatable bonds is 13. The van der Waals surface area contributed by atoms with Crippen LogP contribution in [0.3, 0.4) is 0 Å². The molecule has 1 fully saturated rings. The predicted octanol–water partition coefficient (Wildman–Crippen LogP) is 3.23. The largest absolute Gasteiger partial charge is 0.461 e. The van der Waals surface area contributed by atoms with Crippen molar-refractivity contribution in [2.45, 2.75) is 42.9 Å². The first-order valence-electron chi connectivity index (χ1n) is 18.3. The standard InChI is InChI=1S/C40H36F2N8O9S/c1-49-34-21-43-12-9-28(34)38(52)50(40(49)54)36-8-3-23(18-46-36)15-33(39(53)59-26-10-13-58-14-11-26)47-37(51)29-16-31(42)32(17-30(29)41)48-60(55,56)27-6-4-24(5-7-27)25-19-44-35(22-57-2)45-20-25/h3-9,12,16-21,26,33,48H,10-11,13-15,22H2,1-2H3,(H,47,51)/t33-/m0/s1. The number of hydrogen-bond acceptors (Lipinski definition) is 13. The summed E-state index contributed by atoms with van der Waals surface area (Å²) >= 11 is 0. The second-order valence-electron chi connectivity index (χ2n) is 13.6. The van der Waals surface area contributed by atoms with E-state index in [1.54, 1.807) is 12.4 Å². The van der Waals surface area contributed by atoms with Crippen molar-refractivity contribution in [2.75, 3.05) is 25.0 Å². The van der Waals surface area contributed by atoms with Crippen molar-refractivity contribution >= 4 is 38.5 Å². The van der Waals surface area contributed by atoms with Crippen molar-refractivity contribution in [2.24, 2.45) is 7.05 Å². The van der Waals surface area contributed by atoms with E-state index in [1.165, 1.54) is 79.8 Å². The van der Waals surface area contributed by atoms with Crippen LogP contribution in [-0.2, 0) is 49.1 Å². The number of hydrogen-bond donors (Lipinski definition) is 2. The number of ether oxygens (including phenoxy) is 3. The number of aryl methyl sites for hydroxylation is 1. The Bertz CT molecular complexity index is 2800. The average Bonchev–Trinajstić information content (AvgIpc) is 3.25. The van der Waals surface area contributed by atoms with E-state index < -0.39 is 68.2 Å². The second kappa shape index (κ2) is 17.6. The first-order chi connectivity index (χ1) is 28.8. The molecule has 0 radical (unpaired) electrons. The highest BCUT2D eigenvalue weighted by Gasteiger charge is 2.29. The zero-order valence-corrected chi connectivity index (χ0v) is 32.8. The summed E-state index contributed by atoms with van der Waals surface area (Å²) in [7, 11) is -1.44. The number of sulfonamides is 1. The number of esters is 1. The molecule has 17 nitrogen and oxygen atoms in total. The second-order valence-corrected chi connectivity index (χ2v) is 15.3. The maximum Gasteiger partial charge on any atom is 0.337 e. The predicted molar refractivity (Wildman–Crippen MR) is 211 cm³/mol. The molecule has 1 aliphatic heterocycles. The van der Waals surface area contributed by atoms with E-state index in [0.717, 1.165) is 4.57 Å². The minimum absolute atomic E-state index is 0.0157. The van der Waals surface area contributed by atoms with Crippen LogP contribution in [0.1, 0.15) is 34.6 Å². The third-order valence-electron chi connectivity index (χ3n) is 9.61. The first kappa shape index (κ1) is 41.4. The van der Waals surface area contributed by atoms with Crippen LogP contribution in [-0.4, -0.2) is 81.8 Å². The summed E-state index contributed by atoms with van der Waals surface area (Å²) in [5.41, 5.74) is -1.02. The molecule has 1 atom stereocenters. The summed E-state index contributed by atoms with van der Waals surface area (Å²) in [6.07, 6.45) is 7.22. The lowest BCUT2D eigenvalue weighted by Gasteiger charge is -2.25. The summed E-state index contributed by atoms with van der Waals surface area (Å²) in [4.78, 5) is 69.7. The van der Waals surface area contributed by atoms with E-state index in [0.29, 0.717) is 66.2 Å². The minimum atomic E-state index is -4.44. The number of anilines is 1. The quantitative estimate of drug-likeness (QED) is 0.160. The van der Waals surface area contributed by atoms with Crippen molar-refractivity contribution in [3.8, 4) is 16.9 Å².